The van der Waals surface area contributed by atoms with Gasteiger partial charge < -0.3 is 19.3 Å². The second kappa shape index (κ2) is 7.66. The van der Waals surface area contributed by atoms with Gasteiger partial charge in [0.2, 0.25) is 0 Å². The van der Waals surface area contributed by atoms with Crippen LogP contribution in [0.4, 0.5) is 0 Å². The van der Waals surface area contributed by atoms with Crippen LogP contribution in [0.15, 0.2) is 24.3 Å². The second-order valence-electron chi connectivity index (χ2n) is 6.87. The van der Waals surface area contributed by atoms with Crippen molar-refractivity contribution in [3.05, 3.63) is 41.2 Å². The maximum Gasteiger partial charge on any atom is 0.276 e. The number of carbonyl (C=O) groups excluding carboxylic acids is 1. The van der Waals surface area contributed by atoms with Gasteiger partial charge in [-0.1, -0.05) is 24.3 Å². The summed E-state index contributed by atoms with van der Waals surface area (Å²) < 4.78 is 13.0. The van der Waals surface area contributed by atoms with E-state index in [0.29, 0.717) is 18.8 Å². The molecule has 1 fully saturated rings. The highest BCUT2D eigenvalue weighted by atomic mass is 16.5. The Kier molecular flexibility index (Phi) is 5.09. The monoisotopic (exact) mass is 371 g/mol. The summed E-state index contributed by atoms with van der Waals surface area (Å²) in [6, 6.07) is 7.82. The van der Waals surface area contributed by atoms with Crippen LogP contribution in [0.25, 0.3) is 0 Å². The van der Waals surface area contributed by atoms with Gasteiger partial charge in [-0.15, -0.1) is 5.10 Å². The lowest BCUT2D eigenvalue weighted by Crippen LogP contribution is -2.48. The Labute approximate surface area is 158 Å². The summed E-state index contributed by atoms with van der Waals surface area (Å²) >= 11 is 0. The van der Waals surface area contributed by atoms with Gasteiger partial charge in [-0.25, -0.2) is 4.68 Å². The molecule has 0 spiro atoms. The van der Waals surface area contributed by atoms with Crippen LogP contribution in [0.1, 0.15) is 34.8 Å². The molecule has 0 bridgehead atoms. The first-order valence-electron chi connectivity index (χ1n) is 9.39. The van der Waals surface area contributed by atoms with Crippen molar-refractivity contribution in [1.29, 1.82) is 0 Å². The van der Waals surface area contributed by atoms with Crippen LogP contribution in [-0.2, 0) is 17.9 Å². The standard InChI is InChI=1S/C19H25N5O3/c1-3-22-8-10-23(11-9-22)19(25)18-16-13-27-17(12-24(16)21-20-18)14-4-6-15(26-2)7-5-14/h4-7,17H,3,8-13H2,1-2H3. The molecule has 1 amide bonds. The zero-order chi connectivity index (χ0) is 18.8. The van der Waals surface area contributed by atoms with Crippen molar-refractivity contribution in [2.24, 2.45) is 0 Å². The number of rotatable bonds is 4. The molecule has 8 heteroatoms. The van der Waals surface area contributed by atoms with Gasteiger partial charge in [0.1, 0.15) is 11.9 Å². The van der Waals surface area contributed by atoms with Gasteiger partial charge in [0.15, 0.2) is 5.69 Å². The molecule has 3 heterocycles. The van der Waals surface area contributed by atoms with Crippen molar-refractivity contribution in [3.63, 3.8) is 0 Å². The van der Waals surface area contributed by atoms with Gasteiger partial charge >= 0.3 is 0 Å². The van der Waals surface area contributed by atoms with Gasteiger partial charge in [0.25, 0.3) is 5.91 Å². The van der Waals surface area contributed by atoms with E-state index in [-0.39, 0.29) is 12.0 Å². The molecule has 27 heavy (non-hydrogen) atoms. The summed E-state index contributed by atoms with van der Waals surface area (Å²) in [4.78, 5) is 17.1. The lowest BCUT2D eigenvalue weighted by molar-refractivity contribution is -0.00205. The minimum atomic E-state index is -0.110. The fourth-order valence-electron chi connectivity index (χ4n) is 3.61. The summed E-state index contributed by atoms with van der Waals surface area (Å²) in [6.07, 6.45) is -0.110. The predicted octanol–water partition coefficient (Wildman–Crippen LogP) is 1.34. The van der Waals surface area contributed by atoms with Gasteiger partial charge in [0.05, 0.1) is 26.0 Å². The molecule has 2 aliphatic rings. The fraction of sp³-hybridized carbons (Fsp3) is 0.526. The normalized spacial score (nSPS) is 20.4. The van der Waals surface area contributed by atoms with Gasteiger partial charge in [-0.05, 0) is 24.2 Å². The van der Waals surface area contributed by atoms with E-state index >= 15 is 0 Å². The van der Waals surface area contributed by atoms with E-state index in [0.717, 1.165) is 49.7 Å². The Bertz CT molecular complexity index is 796. The van der Waals surface area contributed by atoms with E-state index in [1.807, 2.05) is 29.2 Å². The average Bonchev–Trinajstić information content (AvgIpc) is 3.16. The van der Waals surface area contributed by atoms with Crippen LogP contribution in [0, 0.1) is 0 Å². The number of likely N-dealkylation sites (N-methyl/N-ethyl adjacent to an activating group) is 1. The number of piperazine rings is 1. The molecule has 8 nitrogen and oxygen atoms in total. The predicted molar refractivity (Wildman–Crippen MR) is 98.6 cm³/mol. The number of fused-ring (bicyclic) bond motifs is 1. The van der Waals surface area contributed by atoms with Gasteiger partial charge in [0, 0.05) is 26.2 Å². The molecule has 1 unspecified atom stereocenters. The van der Waals surface area contributed by atoms with E-state index in [1.165, 1.54) is 0 Å². The molecular weight excluding hydrogens is 346 g/mol. The van der Waals surface area contributed by atoms with E-state index in [4.69, 9.17) is 9.47 Å². The van der Waals surface area contributed by atoms with Crippen molar-refractivity contribution in [2.45, 2.75) is 26.2 Å². The SMILES string of the molecule is CCN1CCN(C(=O)c2nnn3c2COC(c2ccc(OC)cc2)C3)CC1. The molecule has 2 aromatic rings. The Hall–Kier alpha value is -2.45. The quantitative estimate of drug-likeness (QED) is 0.808. The molecule has 1 aromatic heterocycles. The van der Waals surface area contributed by atoms with Crippen LogP contribution >= 0.6 is 0 Å². The molecule has 0 aliphatic carbocycles. The number of ether oxygens (including phenoxy) is 2. The fourth-order valence-corrected chi connectivity index (χ4v) is 3.61. The number of hydrogen-bond acceptors (Lipinski definition) is 6. The van der Waals surface area contributed by atoms with Crippen LogP contribution in [-0.4, -0.2) is 70.5 Å². The lowest BCUT2D eigenvalue weighted by atomic mass is 10.1. The molecule has 1 atom stereocenters. The first-order chi connectivity index (χ1) is 13.2. The average molecular weight is 371 g/mol. The van der Waals surface area contributed by atoms with Crippen LogP contribution in [0.3, 0.4) is 0 Å². The largest absolute Gasteiger partial charge is 0.497 e. The zero-order valence-corrected chi connectivity index (χ0v) is 15.8. The number of carbonyl (C=O) groups is 1. The Morgan fingerprint density at radius 2 is 1.96 bits per heavy atom. The number of aromatic nitrogens is 3. The Morgan fingerprint density at radius 3 is 2.63 bits per heavy atom. The molecule has 2 aliphatic heterocycles. The highest BCUT2D eigenvalue weighted by molar-refractivity contribution is 5.93. The summed E-state index contributed by atoms with van der Waals surface area (Å²) in [6.45, 7) is 7.31. The maximum absolute atomic E-state index is 12.9. The third kappa shape index (κ3) is 3.54. The summed E-state index contributed by atoms with van der Waals surface area (Å²) in [5.41, 5.74) is 2.25. The molecule has 0 radical (unpaired) electrons. The number of hydrogen-bond donors (Lipinski definition) is 0. The third-order valence-electron chi connectivity index (χ3n) is 5.39. The zero-order valence-electron chi connectivity index (χ0n) is 15.8. The number of amides is 1. The number of benzene rings is 1. The molecule has 0 saturated carbocycles. The molecule has 1 aromatic carbocycles. The minimum Gasteiger partial charge on any atom is -0.497 e. The van der Waals surface area contributed by atoms with E-state index < -0.39 is 0 Å². The smallest absolute Gasteiger partial charge is 0.276 e. The van der Waals surface area contributed by atoms with Crippen LogP contribution in [0.5, 0.6) is 5.75 Å². The maximum atomic E-state index is 12.9. The van der Waals surface area contributed by atoms with Crippen molar-refractivity contribution >= 4 is 5.91 Å². The highest BCUT2D eigenvalue weighted by Crippen LogP contribution is 2.28. The number of nitrogens with zero attached hydrogens (tertiary/aromatic N) is 5. The second-order valence-corrected chi connectivity index (χ2v) is 6.87. The highest BCUT2D eigenvalue weighted by Gasteiger charge is 2.31. The van der Waals surface area contributed by atoms with Crippen molar-refractivity contribution < 1.29 is 14.3 Å². The summed E-state index contributed by atoms with van der Waals surface area (Å²) in [5.74, 6) is 0.769. The first kappa shape index (κ1) is 17.9. The van der Waals surface area contributed by atoms with Crippen molar-refractivity contribution in [2.75, 3.05) is 39.8 Å². The van der Waals surface area contributed by atoms with Crippen LogP contribution < -0.4 is 4.74 Å². The van der Waals surface area contributed by atoms with Crippen molar-refractivity contribution in [1.82, 2.24) is 24.8 Å². The molecule has 144 valence electrons. The first-order valence-corrected chi connectivity index (χ1v) is 9.39. The molecule has 1 saturated heterocycles. The molecule has 0 N–H and O–H groups in total. The Morgan fingerprint density at radius 1 is 1.22 bits per heavy atom. The third-order valence-corrected chi connectivity index (χ3v) is 5.39. The lowest BCUT2D eigenvalue weighted by Gasteiger charge is -2.33. The summed E-state index contributed by atoms with van der Waals surface area (Å²) in [5, 5.41) is 8.39. The minimum absolute atomic E-state index is 0.0431. The molecule has 4 rings (SSSR count). The number of methoxy groups -OCH3 is 1. The Balaban J connectivity index is 1.46. The van der Waals surface area contributed by atoms with E-state index in [2.05, 4.69) is 22.1 Å². The van der Waals surface area contributed by atoms with Gasteiger partial charge in [-0.3, -0.25) is 4.79 Å². The molecular formula is C19H25N5O3. The van der Waals surface area contributed by atoms with Crippen LogP contribution in [0.2, 0.25) is 0 Å². The van der Waals surface area contributed by atoms with Crippen molar-refractivity contribution in [3.8, 4) is 5.75 Å². The van der Waals surface area contributed by atoms with E-state index in [1.54, 1.807) is 11.8 Å². The van der Waals surface area contributed by atoms with E-state index in [9.17, 15) is 4.79 Å². The summed E-state index contributed by atoms with van der Waals surface area (Å²) in [7, 11) is 1.65. The topological polar surface area (TPSA) is 72.7 Å². The van der Waals surface area contributed by atoms with Gasteiger partial charge in [-0.2, -0.15) is 0 Å².